The second-order valence-corrected chi connectivity index (χ2v) is 5.41. The minimum Gasteiger partial charge on any atom is -0.388 e. The maximum Gasteiger partial charge on any atom is 0.241 e. The second-order valence-electron chi connectivity index (χ2n) is 5.41. The van der Waals surface area contributed by atoms with Gasteiger partial charge in [0.25, 0.3) is 0 Å². The quantitative estimate of drug-likeness (QED) is 0.837. The Balaban J connectivity index is 1.78. The van der Waals surface area contributed by atoms with E-state index in [1.165, 1.54) is 6.42 Å². The van der Waals surface area contributed by atoms with Crippen molar-refractivity contribution in [3.63, 3.8) is 0 Å². The van der Waals surface area contributed by atoms with Crippen molar-refractivity contribution < 1.29 is 9.90 Å². The number of nitrogens with one attached hydrogen (secondary N) is 1. The molecule has 0 aliphatic heterocycles. The Kier molecular flexibility index (Phi) is 4.01. The molecule has 0 aromatic carbocycles. The van der Waals surface area contributed by atoms with Crippen LogP contribution in [0.2, 0.25) is 0 Å². The third kappa shape index (κ3) is 3.57. The Hall–Kier alpha value is -1.36. The lowest BCUT2D eigenvalue weighted by Crippen LogP contribution is -2.46. The molecule has 2 rings (SSSR count). The Morgan fingerprint density at radius 3 is 3.17 bits per heavy atom. The first-order chi connectivity index (χ1) is 8.57. The molecule has 100 valence electrons. The first kappa shape index (κ1) is 13.1. The van der Waals surface area contributed by atoms with E-state index in [0.717, 1.165) is 19.3 Å². The first-order valence-electron chi connectivity index (χ1n) is 6.54. The summed E-state index contributed by atoms with van der Waals surface area (Å²) in [4.78, 5) is 11.7. The smallest absolute Gasteiger partial charge is 0.241 e. The summed E-state index contributed by atoms with van der Waals surface area (Å²) in [6.45, 7) is 2.70. The Morgan fingerprint density at radius 2 is 2.50 bits per heavy atom. The Labute approximate surface area is 107 Å². The average Bonchev–Trinajstić information content (AvgIpc) is 2.79. The largest absolute Gasteiger partial charge is 0.388 e. The summed E-state index contributed by atoms with van der Waals surface area (Å²) in [6, 6.07) is 1.78. The van der Waals surface area contributed by atoms with Gasteiger partial charge in [0, 0.05) is 18.9 Å². The average molecular weight is 251 g/mol. The topological polar surface area (TPSA) is 67.2 Å². The molecular formula is C13H21N3O2. The molecule has 2 unspecified atom stereocenters. The normalized spacial score (nSPS) is 28.0. The van der Waals surface area contributed by atoms with E-state index in [1.54, 1.807) is 23.1 Å². The number of rotatable bonds is 4. The van der Waals surface area contributed by atoms with Crippen LogP contribution in [0.4, 0.5) is 0 Å². The van der Waals surface area contributed by atoms with E-state index in [4.69, 9.17) is 0 Å². The Bertz CT molecular complexity index is 391. The molecule has 0 radical (unpaired) electrons. The molecule has 0 bridgehead atoms. The van der Waals surface area contributed by atoms with Crippen molar-refractivity contribution in [2.75, 3.05) is 6.54 Å². The van der Waals surface area contributed by atoms with Crippen molar-refractivity contribution in [2.24, 2.45) is 5.92 Å². The summed E-state index contributed by atoms with van der Waals surface area (Å²) in [7, 11) is 0. The van der Waals surface area contributed by atoms with Crippen molar-refractivity contribution >= 4 is 5.91 Å². The van der Waals surface area contributed by atoms with Crippen molar-refractivity contribution in [1.82, 2.24) is 15.1 Å². The maximum atomic E-state index is 11.7. The lowest BCUT2D eigenvalue weighted by Gasteiger charge is -2.35. The molecular weight excluding hydrogens is 230 g/mol. The number of aliphatic hydroxyl groups is 1. The molecule has 1 aliphatic rings. The van der Waals surface area contributed by atoms with Crippen molar-refractivity contribution in [1.29, 1.82) is 0 Å². The van der Waals surface area contributed by atoms with E-state index in [9.17, 15) is 9.90 Å². The molecule has 5 nitrogen and oxygen atoms in total. The van der Waals surface area contributed by atoms with Crippen molar-refractivity contribution in [3.05, 3.63) is 18.5 Å². The first-order valence-corrected chi connectivity index (χ1v) is 6.54. The van der Waals surface area contributed by atoms with Gasteiger partial charge in [-0.05, 0) is 24.8 Å². The minimum absolute atomic E-state index is 0.106. The molecule has 1 fully saturated rings. The lowest BCUT2D eigenvalue weighted by atomic mass is 9.79. The zero-order valence-electron chi connectivity index (χ0n) is 10.8. The molecule has 0 saturated heterocycles. The van der Waals surface area contributed by atoms with Crippen molar-refractivity contribution in [3.8, 4) is 0 Å². The highest BCUT2D eigenvalue weighted by Crippen LogP contribution is 2.31. The van der Waals surface area contributed by atoms with Crippen LogP contribution >= 0.6 is 0 Å². The van der Waals surface area contributed by atoms with Crippen LogP contribution in [0, 0.1) is 5.92 Å². The number of aromatic nitrogens is 2. The zero-order chi connectivity index (χ0) is 13.0. The molecule has 2 N–H and O–H groups in total. The van der Waals surface area contributed by atoms with Gasteiger partial charge in [0.15, 0.2) is 0 Å². The van der Waals surface area contributed by atoms with Crippen LogP contribution in [0.25, 0.3) is 0 Å². The maximum absolute atomic E-state index is 11.7. The highest BCUT2D eigenvalue weighted by molar-refractivity contribution is 5.75. The Morgan fingerprint density at radius 1 is 1.67 bits per heavy atom. The summed E-state index contributed by atoms with van der Waals surface area (Å²) < 4.78 is 1.57. The van der Waals surface area contributed by atoms with E-state index in [2.05, 4.69) is 17.3 Å². The fourth-order valence-electron chi connectivity index (χ4n) is 2.65. The number of hydrogen-bond acceptors (Lipinski definition) is 3. The second kappa shape index (κ2) is 5.52. The van der Waals surface area contributed by atoms with Crippen LogP contribution in [0.3, 0.4) is 0 Å². The molecule has 1 aromatic heterocycles. The molecule has 18 heavy (non-hydrogen) atoms. The summed E-state index contributed by atoms with van der Waals surface area (Å²) in [6.07, 6.45) is 7.14. The van der Waals surface area contributed by atoms with Gasteiger partial charge in [-0.1, -0.05) is 19.8 Å². The van der Waals surface area contributed by atoms with E-state index in [1.807, 2.05) is 0 Å². The summed E-state index contributed by atoms with van der Waals surface area (Å²) in [5.41, 5.74) is -0.725. The van der Waals surface area contributed by atoms with E-state index in [0.29, 0.717) is 12.5 Å². The summed E-state index contributed by atoms with van der Waals surface area (Å²) >= 11 is 0. The fourth-order valence-corrected chi connectivity index (χ4v) is 2.65. The van der Waals surface area contributed by atoms with Gasteiger partial charge >= 0.3 is 0 Å². The standard InChI is InChI=1S/C13H21N3O2/c1-11-4-2-5-13(18,8-11)10-14-12(17)9-16-7-3-6-15-16/h3,6-7,11,18H,2,4-5,8-10H2,1H3,(H,14,17). The molecule has 1 amide bonds. The summed E-state index contributed by atoms with van der Waals surface area (Å²) in [5.74, 6) is 0.428. The number of nitrogens with zero attached hydrogens (tertiary/aromatic N) is 2. The third-order valence-electron chi connectivity index (χ3n) is 3.55. The van der Waals surface area contributed by atoms with Gasteiger partial charge < -0.3 is 10.4 Å². The van der Waals surface area contributed by atoms with Crippen LogP contribution in [0.15, 0.2) is 18.5 Å². The fraction of sp³-hybridized carbons (Fsp3) is 0.692. The van der Waals surface area contributed by atoms with Gasteiger partial charge in [0.05, 0.1) is 5.60 Å². The molecule has 1 saturated carbocycles. The predicted octanol–water partition coefficient (Wildman–Crippen LogP) is 0.940. The van der Waals surface area contributed by atoms with Gasteiger partial charge in [-0.15, -0.1) is 0 Å². The predicted molar refractivity (Wildman–Crippen MR) is 67.8 cm³/mol. The van der Waals surface area contributed by atoms with Gasteiger partial charge in [0.1, 0.15) is 6.54 Å². The van der Waals surface area contributed by atoms with E-state index in [-0.39, 0.29) is 12.5 Å². The van der Waals surface area contributed by atoms with E-state index >= 15 is 0 Å². The minimum atomic E-state index is -0.725. The number of hydrogen-bond donors (Lipinski definition) is 2. The van der Waals surface area contributed by atoms with Crippen LogP contribution in [0.5, 0.6) is 0 Å². The highest BCUT2D eigenvalue weighted by Gasteiger charge is 2.32. The van der Waals surface area contributed by atoms with Gasteiger partial charge in [-0.3, -0.25) is 9.48 Å². The van der Waals surface area contributed by atoms with Crippen LogP contribution in [-0.2, 0) is 11.3 Å². The zero-order valence-corrected chi connectivity index (χ0v) is 10.8. The number of carbonyl (C=O) groups is 1. The highest BCUT2D eigenvalue weighted by atomic mass is 16.3. The van der Waals surface area contributed by atoms with Crippen LogP contribution in [0.1, 0.15) is 32.6 Å². The monoisotopic (exact) mass is 251 g/mol. The third-order valence-corrected chi connectivity index (χ3v) is 3.55. The number of carbonyl (C=O) groups excluding carboxylic acids is 1. The van der Waals surface area contributed by atoms with Crippen molar-refractivity contribution in [2.45, 2.75) is 44.8 Å². The molecule has 1 aliphatic carbocycles. The molecule has 0 spiro atoms. The lowest BCUT2D eigenvalue weighted by molar-refractivity contribution is -0.123. The SMILES string of the molecule is CC1CCCC(O)(CNC(=O)Cn2cccn2)C1. The molecule has 1 aromatic rings. The summed E-state index contributed by atoms with van der Waals surface area (Å²) in [5, 5.41) is 17.2. The molecule has 5 heteroatoms. The van der Waals surface area contributed by atoms with Gasteiger partial charge in [-0.2, -0.15) is 5.10 Å². The molecule has 1 heterocycles. The van der Waals surface area contributed by atoms with Crippen LogP contribution < -0.4 is 5.32 Å². The van der Waals surface area contributed by atoms with Gasteiger partial charge in [0.2, 0.25) is 5.91 Å². The van der Waals surface area contributed by atoms with E-state index < -0.39 is 5.60 Å². The van der Waals surface area contributed by atoms with Gasteiger partial charge in [-0.25, -0.2) is 0 Å². The molecule has 2 atom stereocenters. The van der Waals surface area contributed by atoms with Crippen LogP contribution in [-0.4, -0.2) is 32.9 Å². The number of amides is 1.